The lowest BCUT2D eigenvalue weighted by Crippen LogP contribution is -2.47. The Morgan fingerprint density at radius 2 is 2.17 bits per heavy atom. The summed E-state index contributed by atoms with van der Waals surface area (Å²) in [5, 5.41) is 3.60. The zero-order chi connectivity index (χ0) is 12.8. The minimum absolute atomic E-state index is 0.0582. The van der Waals surface area contributed by atoms with Crippen LogP contribution in [0.3, 0.4) is 0 Å². The normalized spacial score (nSPS) is 20.6. The first-order valence-corrected chi connectivity index (χ1v) is 7.01. The summed E-state index contributed by atoms with van der Waals surface area (Å²) in [4.78, 5) is 4.25. The van der Waals surface area contributed by atoms with Crippen LogP contribution in [0.2, 0.25) is 0 Å². The molecule has 1 unspecified atom stereocenters. The van der Waals surface area contributed by atoms with Crippen molar-refractivity contribution < 1.29 is 4.74 Å². The van der Waals surface area contributed by atoms with Crippen molar-refractivity contribution in [2.45, 2.75) is 50.7 Å². The van der Waals surface area contributed by atoms with E-state index in [0.29, 0.717) is 0 Å². The van der Waals surface area contributed by atoms with Gasteiger partial charge < -0.3 is 10.1 Å². The number of hydrogen-bond donors (Lipinski definition) is 1. The Morgan fingerprint density at radius 1 is 1.39 bits per heavy atom. The Labute approximate surface area is 110 Å². The zero-order valence-corrected chi connectivity index (χ0v) is 11.5. The van der Waals surface area contributed by atoms with Crippen molar-refractivity contribution in [2.24, 2.45) is 0 Å². The first-order valence-electron chi connectivity index (χ1n) is 7.01. The Hall–Kier alpha value is -0.930. The molecular weight excluding hydrogens is 224 g/mol. The van der Waals surface area contributed by atoms with Gasteiger partial charge in [-0.05, 0) is 31.0 Å². The lowest BCUT2D eigenvalue weighted by atomic mass is 9.77. The lowest BCUT2D eigenvalue weighted by Gasteiger charge is -2.43. The van der Waals surface area contributed by atoms with Crippen LogP contribution < -0.4 is 5.32 Å². The van der Waals surface area contributed by atoms with E-state index in [9.17, 15) is 0 Å². The van der Waals surface area contributed by atoms with Crippen molar-refractivity contribution in [3.8, 4) is 0 Å². The standard InChI is InChI=1S/C15H24N2O/c1-3-17-14(13-8-7-11-16-12-13)15(18-2)9-5-4-6-10-15/h7-8,11-12,14,17H,3-6,9-10H2,1-2H3. The van der Waals surface area contributed by atoms with Crippen molar-refractivity contribution >= 4 is 0 Å². The molecule has 1 fully saturated rings. The first-order chi connectivity index (χ1) is 8.82. The van der Waals surface area contributed by atoms with Crippen LogP contribution in [-0.4, -0.2) is 24.2 Å². The van der Waals surface area contributed by atoms with E-state index in [1.807, 2.05) is 25.6 Å². The average molecular weight is 248 g/mol. The van der Waals surface area contributed by atoms with Gasteiger partial charge in [-0.15, -0.1) is 0 Å². The third-order valence-electron chi connectivity index (χ3n) is 4.06. The molecule has 0 saturated heterocycles. The summed E-state index contributed by atoms with van der Waals surface area (Å²) in [5.74, 6) is 0. The Bertz CT molecular complexity index is 347. The molecule has 0 amide bonds. The Balaban J connectivity index is 2.27. The van der Waals surface area contributed by atoms with Gasteiger partial charge in [-0.2, -0.15) is 0 Å². The minimum atomic E-state index is -0.0582. The molecule has 100 valence electrons. The van der Waals surface area contributed by atoms with Crippen molar-refractivity contribution in [1.82, 2.24) is 10.3 Å². The smallest absolute Gasteiger partial charge is 0.0873 e. The van der Waals surface area contributed by atoms with Crippen molar-refractivity contribution in [1.29, 1.82) is 0 Å². The molecule has 0 radical (unpaired) electrons. The van der Waals surface area contributed by atoms with Crippen molar-refractivity contribution in [2.75, 3.05) is 13.7 Å². The van der Waals surface area contributed by atoms with E-state index in [2.05, 4.69) is 23.3 Å². The van der Waals surface area contributed by atoms with Gasteiger partial charge in [-0.25, -0.2) is 0 Å². The highest BCUT2D eigenvalue weighted by Crippen LogP contribution is 2.40. The van der Waals surface area contributed by atoms with Gasteiger partial charge in [0.15, 0.2) is 0 Å². The van der Waals surface area contributed by atoms with Crippen LogP contribution in [0.5, 0.6) is 0 Å². The first kappa shape index (κ1) is 13.5. The van der Waals surface area contributed by atoms with E-state index in [4.69, 9.17) is 4.74 Å². The lowest BCUT2D eigenvalue weighted by molar-refractivity contribution is -0.0685. The quantitative estimate of drug-likeness (QED) is 0.869. The maximum atomic E-state index is 5.96. The number of rotatable bonds is 5. The molecule has 1 aromatic heterocycles. The highest BCUT2D eigenvalue weighted by Gasteiger charge is 2.40. The van der Waals surface area contributed by atoms with Crippen LogP contribution in [0.1, 0.15) is 50.6 Å². The molecule has 0 aromatic carbocycles. The summed E-state index contributed by atoms with van der Waals surface area (Å²) in [7, 11) is 1.85. The van der Waals surface area contributed by atoms with Gasteiger partial charge in [-0.3, -0.25) is 4.98 Å². The fourth-order valence-corrected chi connectivity index (χ4v) is 3.12. The van der Waals surface area contributed by atoms with Gasteiger partial charge in [0.05, 0.1) is 11.6 Å². The van der Waals surface area contributed by atoms with E-state index in [1.165, 1.54) is 24.8 Å². The van der Waals surface area contributed by atoms with Gasteiger partial charge in [0.25, 0.3) is 0 Å². The average Bonchev–Trinajstić information content (AvgIpc) is 2.46. The van der Waals surface area contributed by atoms with Gasteiger partial charge in [0, 0.05) is 19.5 Å². The molecule has 1 N–H and O–H groups in total. The summed E-state index contributed by atoms with van der Waals surface area (Å²) in [5.41, 5.74) is 1.18. The number of pyridine rings is 1. The van der Waals surface area contributed by atoms with E-state index in [-0.39, 0.29) is 11.6 Å². The zero-order valence-electron chi connectivity index (χ0n) is 11.5. The maximum Gasteiger partial charge on any atom is 0.0873 e. The van der Waals surface area contributed by atoms with Crippen molar-refractivity contribution in [3.05, 3.63) is 30.1 Å². The molecule has 1 heterocycles. The van der Waals surface area contributed by atoms with Gasteiger partial charge in [0.2, 0.25) is 0 Å². The summed E-state index contributed by atoms with van der Waals surface area (Å²) in [6.45, 7) is 3.10. The predicted octanol–water partition coefficient (Wildman–Crippen LogP) is 3.08. The second-order valence-electron chi connectivity index (χ2n) is 5.11. The van der Waals surface area contributed by atoms with E-state index >= 15 is 0 Å². The number of hydrogen-bond acceptors (Lipinski definition) is 3. The predicted molar refractivity (Wildman–Crippen MR) is 73.5 cm³/mol. The summed E-state index contributed by atoms with van der Waals surface area (Å²) < 4.78 is 5.96. The topological polar surface area (TPSA) is 34.2 Å². The third kappa shape index (κ3) is 2.73. The molecule has 1 saturated carbocycles. The largest absolute Gasteiger partial charge is 0.376 e. The van der Waals surface area contributed by atoms with Crippen LogP contribution in [0.25, 0.3) is 0 Å². The van der Waals surface area contributed by atoms with Gasteiger partial charge in [-0.1, -0.05) is 32.3 Å². The second kappa shape index (κ2) is 6.30. The van der Waals surface area contributed by atoms with E-state index in [0.717, 1.165) is 19.4 Å². The van der Waals surface area contributed by atoms with Crippen molar-refractivity contribution in [3.63, 3.8) is 0 Å². The van der Waals surface area contributed by atoms with Crippen LogP contribution in [-0.2, 0) is 4.74 Å². The maximum absolute atomic E-state index is 5.96. The van der Waals surface area contributed by atoms with Crippen LogP contribution in [0.15, 0.2) is 24.5 Å². The third-order valence-corrected chi connectivity index (χ3v) is 4.06. The van der Waals surface area contributed by atoms with Gasteiger partial charge >= 0.3 is 0 Å². The summed E-state index contributed by atoms with van der Waals surface area (Å²) in [6, 6.07) is 4.41. The minimum Gasteiger partial charge on any atom is -0.376 e. The molecule has 1 aliphatic carbocycles. The molecule has 0 aliphatic heterocycles. The molecule has 0 spiro atoms. The second-order valence-corrected chi connectivity index (χ2v) is 5.11. The highest BCUT2D eigenvalue weighted by atomic mass is 16.5. The highest BCUT2D eigenvalue weighted by molar-refractivity contribution is 5.19. The SMILES string of the molecule is CCNC(c1cccnc1)C1(OC)CCCCC1. The molecule has 3 heteroatoms. The molecule has 3 nitrogen and oxygen atoms in total. The summed E-state index contributed by atoms with van der Waals surface area (Å²) >= 11 is 0. The molecular formula is C15H24N2O. The number of ether oxygens (including phenoxy) is 1. The molecule has 2 rings (SSSR count). The molecule has 1 atom stereocenters. The number of methoxy groups -OCH3 is 1. The molecule has 1 aliphatic rings. The monoisotopic (exact) mass is 248 g/mol. The molecule has 1 aromatic rings. The number of aromatic nitrogens is 1. The van der Waals surface area contributed by atoms with E-state index < -0.39 is 0 Å². The van der Waals surface area contributed by atoms with Crippen LogP contribution in [0, 0.1) is 0 Å². The van der Waals surface area contributed by atoms with Gasteiger partial charge in [0.1, 0.15) is 0 Å². The summed E-state index contributed by atoms with van der Waals surface area (Å²) in [6.07, 6.45) is 9.91. The number of nitrogens with zero attached hydrogens (tertiary/aromatic N) is 1. The van der Waals surface area contributed by atoms with Crippen LogP contribution >= 0.6 is 0 Å². The molecule has 0 bridgehead atoms. The molecule has 18 heavy (non-hydrogen) atoms. The van der Waals surface area contributed by atoms with Crippen LogP contribution in [0.4, 0.5) is 0 Å². The van der Waals surface area contributed by atoms with E-state index in [1.54, 1.807) is 0 Å². The Morgan fingerprint density at radius 3 is 2.72 bits per heavy atom. The fourth-order valence-electron chi connectivity index (χ4n) is 3.12. The fraction of sp³-hybridized carbons (Fsp3) is 0.667. The number of nitrogens with one attached hydrogen (secondary N) is 1. The Kier molecular flexibility index (Phi) is 4.72. The number of likely N-dealkylation sites (N-methyl/N-ethyl adjacent to an activating group) is 1.